The minimum absolute atomic E-state index is 0.149. The van der Waals surface area contributed by atoms with Crippen LogP contribution in [0.25, 0.3) is 11.3 Å². The molecule has 34 heavy (non-hydrogen) atoms. The van der Waals surface area contributed by atoms with Gasteiger partial charge in [-0.25, -0.2) is 4.90 Å². The fourth-order valence-corrected chi connectivity index (χ4v) is 5.30. The third kappa shape index (κ3) is 4.04. The molecule has 2 aliphatic rings. The molecule has 3 heterocycles. The summed E-state index contributed by atoms with van der Waals surface area (Å²) >= 11 is 1.53. The second-order valence-corrected chi connectivity index (χ2v) is 9.44. The number of ether oxygens (including phenoxy) is 2. The lowest BCUT2D eigenvalue weighted by molar-refractivity contribution is -0.763. The van der Waals surface area contributed by atoms with Crippen LogP contribution < -0.4 is 24.6 Å². The Balaban J connectivity index is 1.63. The average Bonchev–Trinajstić information content (AvgIpc) is 3.30. The Kier molecular flexibility index (Phi) is 6.28. The van der Waals surface area contributed by atoms with E-state index in [1.54, 1.807) is 9.58 Å². The van der Waals surface area contributed by atoms with Gasteiger partial charge in [0.05, 0.1) is 11.3 Å². The molecule has 0 spiro atoms. The Morgan fingerprint density at radius 2 is 2.00 bits per heavy atom. The number of carbonyl (C=O) groups is 1. The van der Waals surface area contributed by atoms with Gasteiger partial charge in [0.25, 0.3) is 6.17 Å². The van der Waals surface area contributed by atoms with Crippen molar-refractivity contribution in [3.05, 3.63) is 58.4 Å². The fraction of sp³-hybridized carbons (Fsp3) is 0.360. The Morgan fingerprint density at radius 1 is 1.18 bits per heavy atom. The predicted molar refractivity (Wildman–Crippen MR) is 129 cm³/mol. The molecule has 3 aromatic rings. The van der Waals surface area contributed by atoms with E-state index in [4.69, 9.17) is 14.6 Å². The largest absolute Gasteiger partial charge is 0.454 e. The van der Waals surface area contributed by atoms with E-state index < -0.39 is 6.17 Å². The van der Waals surface area contributed by atoms with Gasteiger partial charge in [-0.15, -0.1) is 0 Å². The molecule has 0 saturated heterocycles. The van der Waals surface area contributed by atoms with Crippen molar-refractivity contribution in [1.82, 2.24) is 10.1 Å². The van der Waals surface area contributed by atoms with Crippen LogP contribution in [0.15, 0.2) is 52.4 Å². The molecule has 2 aliphatic heterocycles. The van der Waals surface area contributed by atoms with Crippen LogP contribution in [0.3, 0.4) is 0 Å². The van der Waals surface area contributed by atoms with Crippen LogP contribution in [0.5, 0.6) is 11.5 Å². The SMILES string of the molecule is CCCCCCSc1n[n+]2c(c(=O)[nH]1)-c1ccccc1N(C(C)=O)[C@H]2c1ccc2c(c1)OCO2. The van der Waals surface area contributed by atoms with Crippen LogP contribution in [0, 0.1) is 0 Å². The van der Waals surface area contributed by atoms with E-state index in [-0.39, 0.29) is 18.3 Å². The highest BCUT2D eigenvalue weighted by Crippen LogP contribution is 2.40. The van der Waals surface area contributed by atoms with Gasteiger partial charge in [0, 0.05) is 23.3 Å². The quantitative estimate of drug-likeness (QED) is 0.313. The number of thioether (sulfide) groups is 1. The Bertz CT molecular complexity index is 1290. The van der Waals surface area contributed by atoms with Gasteiger partial charge in [0.2, 0.25) is 17.9 Å². The first-order chi connectivity index (χ1) is 16.6. The molecular formula is C25H27N4O4S+. The number of amides is 1. The number of aromatic amines is 1. The van der Waals surface area contributed by atoms with Gasteiger partial charge >= 0.3 is 11.3 Å². The van der Waals surface area contributed by atoms with Crippen molar-refractivity contribution >= 4 is 23.4 Å². The highest BCUT2D eigenvalue weighted by molar-refractivity contribution is 7.99. The first-order valence-corrected chi connectivity index (χ1v) is 12.5. The number of anilines is 1. The molecule has 1 atom stereocenters. The molecule has 176 valence electrons. The first-order valence-electron chi connectivity index (χ1n) is 11.6. The molecule has 0 aliphatic carbocycles. The van der Waals surface area contributed by atoms with Gasteiger partial charge < -0.3 is 9.47 Å². The number of aromatic nitrogens is 3. The number of fused-ring (bicyclic) bond motifs is 4. The lowest BCUT2D eigenvalue weighted by Crippen LogP contribution is -2.60. The van der Waals surface area contributed by atoms with Crippen molar-refractivity contribution in [1.29, 1.82) is 0 Å². The van der Waals surface area contributed by atoms with Crippen molar-refractivity contribution in [3.8, 4) is 22.8 Å². The number of hydrogen-bond donors (Lipinski definition) is 1. The second kappa shape index (κ2) is 9.50. The fourth-order valence-electron chi connectivity index (χ4n) is 4.45. The summed E-state index contributed by atoms with van der Waals surface area (Å²) in [5.74, 6) is 1.98. The van der Waals surface area contributed by atoms with Gasteiger partial charge in [-0.05, 0) is 41.4 Å². The summed E-state index contributed by atoms with van der Waals surface area (Å²) in [6, 6.07) is 13.0. The lowest BCUT2D eigenvalue weighted by atomic mass is 10.0. The van der Waals surface area contributed by atoms with Gasteiger partial charge in [-0.1, -0.05) is 50.1 Å². The van der Waals surface area contributed by atoms with Crippen LogP contribution >= 0.6 is 11.8 Å². The second-order valence-electron chi connectivity index (χ2n) is 8.35. The molecule has 0 radical (unpaired) electrons. The average molecular weight is 480 g/mol. The molecule has 5 rings (SSSR count). The highest BCUT2D eigenvalue weighted by Gasteiger charge is 2.45. The number of carbonyl (C=O) groups excluding carboxylic acids is 1. The molecule has 9 heteroatoms. The van der Waals surface area contributed by atoms with Crippen LogP contribution in [-0.4, -0.2) is 28.5 Å². The number of para-hydroxylation sites is 1. The zero-order chi connectivity index (χ0) is 23.7. The topological polar surface area (TPSA) is 88.4 Å². The number of nitrogens with one attached hydrogen (secondary N) is 1. The van der Waals surface area contributed by atoms with Gasteiger partial charge in [-0.2, -0.15) is 0 Å². The summed E-state index contributed by atoms with van der Waals surface area (Å²) in [6.45, 7) is 3.86. The molecule has 1 amide bonds. The molecule has 0 bridgehead atoms. The van der Waals surface area contributed by atoms with E-state index in [1.165, 1.54) is 31.5 Å². The van der Waals surface area contributed by atoms with Crippen molar-refractivity contribution in [2.75, 3.05) is 17.4 Å². The van der Waals surface area contributed by atoms with Crippen LogP contribution in [0.2, 0.25) is 0 Å². The summed E-state index contributed by atoms with van der Waals surface area (Å²) in [5.41, 5.74) is 2.31. The van der Waals surface area contributed by atoms with E-state index in [0.717, 1.165) is 24.2 Å². The molecule has 0 saturated carbocycles. The Hall–Kier alpha value is -3.33. The van der Waals surface area contributed by atoms with E-state index in [0.29, 0.717) is 33.6 Å². The molecule has 0 fully saturated rings. The summed E-state index contributed by atoms with van der Waals surface area (Å²) in [5, 5.41) is 5.37. The third-order valence-electron chi connectivity index (χ3n) is 6.03. The maximum Gasteiger partial charge on any atom is 0.325 e. The van der Waals surface area contributed by atoms with Gasteiger partial charge in [0.1, 0.15) is 0 Å². The van der Waals surface area contributed by atoms with E-state index in [2.05, 4.69) is 11.9 Å². The monoisotopic (exact) mass is 479 g/mol. The number of hydrogen-bond acceptors (Lipinski definition) is 6. The van der Waals surface area contributed by atoms with Crippen LogP contribution in [0.1, 0.15) is 51.3 Å². The molecular weight excluding hydrogens is 452 g/mol. The summed E-state index contributed by atoms with van der Waals surface area (Å²) in [7, 11) is 0. The van der Waals surface area contributed by atoms with Crippen molar-refractivity contribution < 1.29 is 19.0 Å². The van der Waals surface area contributed by atoms with E-state index in [9.17, 15) is 9.59 Å². The van der Waals surface area contributed by atoms with Gasteiger partial charge in [-0.3, -0.25) is 14.6 Å². The van der Waals surface area contributed by atoms with Crippen LogP contribution in [-0.2, 0) is 4.79 Å². The molecule has 1 aromatic heterocycles. The van der Waals surface area contributed by atoms with E-state index >= 15 is 0 Å². The number of unbranched alkanes of at least 4 members (excludes halogenated alkanes) is 3. The van der Waals surface area contributed by atoms with Crippen LogP contribution in [0.4, 0.5) is 5.69 Å². The molecule has 2 aromatic carbocycles. The Morgan fingerprint density at radius 3 is 2.82 bits per heavy atom. The van der Waals surface area contributed by atoms with Crippen molar-refractivity contribution in [2.45, 2.75) is 50.9 Å². The number of rotatable bonds is 7. The Labute approximate surface area is 201 Å². The number of H-pyrrole nitrogens is 1. The summed E-state index contributed by atoms with van der Waals surface area (Å²) < 4.78 is 12.7. The summed E-state index contributed by atoms with van der Waals surface area (Å²) in [6.07, 6.45) is 3.93. The molecule has 0 unspecified atom stereocenters. The van der Waals surface area contributed by atoms with Gasteiger partial charge in [0.15, 0.2) is 11.5 Å². The predicted octanol–water partition coefficient (Wildman–Crippen LogP) is 4.04. The third-order valence-corrected chi connectivity index (χ3v) is 6.98. The smallest absolute Gasteiger partial charge is 0.325 e. The minimum atomic E-state index is -0.640. The standard InChI is InChI=1S/C25H26N4O4S/c1-3-4-5-8-13-34-25-26-23(31)22-18-9-6-7-10-19(18)28(16(2)30)24(29(22)27-25)17-11-12-20-21(14-17)33-15-32-20/h6-7,9-12,14,24H,3-5,8,13,15H2,1-2H3/p+1/t24-/m1/s1. The van der Waals surface area contributed by atoms with Crippen molar-refractivity contribution in [3.63, 3.8) is 0 Å². The zero-order valence-electron chi connectivity index (χ0n) is 19.2. The first kappa shape index (κ1) is 22.5. The maximum absolute atomic E-state index is 13.3. The molecule has 8 nitrogen and oxygen atoms in total. The summed E-state index contributed by atoms with van der Waals surface area (Å²) in [4.78, 5) is 30.9. The van der Waals surface area contributed by atoms with Crippen molar-refractivity contribution in [2.24, 2.45) is 0 Å². The maximum atomic E-state index is 13.3. The normalized spacial score (nSPS) is 15.7. The van der Waals surface area contributed by atoms with E-state index in [1.807, 2.05) is 42.5 Å². The number of nitrogens with zero attached hydrogens (tertiary/aromatic N) is 3. The minimum Gasteiger partial charge on any atom is -0.454 e. The highest BCUT2D eigenvalue weighted by atomic mass is 32.2. The lowest BCUT2D eigenvalue weighted by Gasteiger charge is -2.31. The number of benzene rings is 2. The molecule has 1 N–H and O–H groups in total. The zero-order valence-corrected chi connectivity index (χ0v) is 20.1.